The summed E-state index contributed by atoms with van der Waals surface area (Å²) >= 11 is 1.87. The Hall–Kier alpha value is -6.82. The third-order valence-electron chi connectivity index (χ3n) is 10.8. The van der Waals surface area contributed by atoms with Crippen molar-refractivity contribution >= 4 is 96.9 Å². The van der Waals surface area contributed by atoms with Crippen LogP contribution in [0.2, 0.25) is 0 Å². The molecule has 12 aromatic rings. The lowest BCUT2D eigenvalue weighted by Gasteiger charge is -2.12. The van der Waals surface area contributed by atoms with Crippen LogP contribution in [0.3, 0.4) is 0 Å². The fourth-order valence-corrected chi connectivity index (χ4v) is 9.64. The highest BCUT2D eigenvalue weighted by Crippen LogP contribution is 2.48. The maximum atomic E-state index is 6.58. The molecule has 0 aliphatic carbocycles. The Morgan fingerprint density at radius 3 is 2.02 bits per heavy atom. The van der Waals surface area contributed by atoms with E-state index in [1.165, 1.54) is 58.1 Å². The van der Waals surface area contributed by atoms with Crippen LogP contribution in [0, 0.1) is 0 Å². The largest absolute Gasteiger partial charge is 0.452 e. The van der Waals surface area contributed by atoms with Crippen LogP contribution in [0.5, 0.6) is 0 Å². The highest BCUT2D eigenvalue weighted by Gasteiger charge is 2.25. The summed E-state index contributed by atoms with van der Waals surface area (Å²) in [5.41, 5.74) is 8.53. The number of nitrogens with zero attached hydrogens (tertiary/aromatic N) is 3. The summed E-state index contributed by atoms with van der Waals surface area (Å²) in [6.45, 7) is 0. The minimum Gasteiger partial charge on any atom is -0.452 e. The van der Waals surface area contributed by atoms with Crippen LogP contribution >= 0.6 is 11.3 Å². The second kappa shape index (κ2) is 10.8. The lowest BCUT2D eigenvalue weighted by atomic mass is 9.99. The van der Waals surface area contributed by atoms with E-state index in [9.17, 15) is 0 Å². The maximum Gasteiger partial charge on any atom is 0.236 e. The normalized spacial score (nSPS) is 12.2. The lowest BCUT2D eigenvalue weighted by Crippen LogP contribution is -2.03. The highest BCUT2D eigenvalue weighted by molar-refractivity contribution is 7.27. The number of para-hydroxylation sites is 2. The first kappa shape index (κ1) is 28.8. The van der Waals surface area contributed by atoms with Gasteiger partial charge in [0, 0.05) is 52.7 Å². The number of benzene rings is 8. The molecule has 5 heteroatoms. The zero-order valence-electron chi connectivity index (χ0n) is 28.2. The molecular weight excluding hydrogens is 667 g/mol. The summed E-state index contributed by atoms with van der Waals surface area (Å²) < 4.78 is 11.5. The van der Waals surface area contributed by atoms with Crippen LogP contribution in [0.25, 0.3) is 114 Å². The molecular formula is C48H27N3OS. The summed E-state index contributed by atoms with van der Waals surface area (Å²) in [5, 5.41) is 10.8. The molecule has 0 aliphatic rings. The highest BCUT2D eigenvalue weighted by atomic mass is 32.1. The van der Waals surface area contributed by atoms with Crippen molar-refractivity contribution in [1.82, 2.24) is 14.5 Å². The average Bonchev–Trinajstić information content (AvgIpc) is 3.91. The molecule has 4 nitrogen and oxygen atoms in total. The van der Waals surface area contributed by atoms with Gasteiger partial charge >= 0.3 is 0 Å². The quantitative estimate of drug-likeness (QED) is 0.185. The van der Waals surface area contributed by atoms with E-state index >= 15 is 0 Å². The Morgan fingerprint density at radius 1 is 0.491 bits per heavy atom. The van der Waals surface area contributed by atoms with Gasteiger partial charge in [0.15, 0.2) is 5.58 Å². The molecule has 12 rings (SSSR count). The number of aromatic nitrogens is 3. The van der Waals surface area contributed by atoms with E-state index < -0.39 is 0 Å². The first-order chi connectivity index (χ1) is 26.3. The van der Waals surface area contributed by atoms with Gasteiger partial charge in [-0.15, -0.1) is 11.3 Å². The number of furan rings is 1. The SMILES string of the molecule is c1ccc2cc(-c3ccc(-c4nc(-n5c6ccccc6c6c7c8ccccc8sc7c7ccccc7c65)nc5c4oc4ccccc45)cc3)ccc2c1. The van der Waals surface area contributed by atoms with Gasteiger partial charge in [-0.1, -0.05) is 133 Å². The molecule has 0 bridgehead atoms. The van der Waals surface area contributed by atoms with Crippen molar-refractivity contribution in [2.24, 2.45) is 0 Å². The molecule has 53 heavy (non-hydrogen) atoms. The monoisotopic (exact) mass is 693 g/mol. The summed E-state index contributed by atoms with van der Waals surface area (Å²) in [6.07, 6.45) is 0. The number of fused-ring (bicyclic) bond motifs is 14. The second-order valence-electron chi connectivity index (χ2n) is 13.7. The predicted octanol–water partition coefficient (Wildman–Crippen LogP) is 13.5. The summed E-state index contributed by atoms with van der Waals surface area (Å²) in [4.78, 5) is 10.8. The molecule has 0 spiro atoms. The van der Waals surface area contributed by atoms with E-state index in [2.05, 4.69) is 150 Å². The predicted molar refractivity (Wildman–Crippen MR) is 222 cm³/mol. The van der Waals surface area contributed by atoms with Crippen molar-refractivity contribution in [2.75, 3.05) is 0 Å². The van der Waals surface area contributed by atoms with Gasteiger partial charge in [-0.25, -0.2) is 9.97 Å². The minimum atomic E-state index is 0.618. The van der Waals surface area contributed by atoms with Gasteiger partial charge in [0.25, 0.3) is 0 Å². The van der Waals surface area contributed by atoms with Gasteiger partial charge < -0.3 is 4.42 Å². The fraction of sp³-hybridized carbons (Fsp3) is 0. The lowest BCUT2D eigenvalue weighted by molar-refractivity contribution is 0.666. The Bertz CT molecular complexity index is 3460. The number of hydrogen-bond acceptors (Lipinski definition) is 4. The van der Waals surface area contributed by atoms with E-state index in [-0.39, 0.29) is 0 Å². The van der Waals surface area contributed by atoms with Gasteiger partial charge in [0.1, 0.15) is 16.8 Å². The fourth-order valence-electron chi connectivity index (χ4n) is 8.39. The Labute approximate surface area is 306 Å². The van der Waals surface area contributed by atoms with Gasteiger partial charge in [0.05, 0.1) is 11.0 Å². The van der Waals surface area contributed by atoms with Crippen molar-refractivity contribution < 1.29 is 4.42 Å². The van der Waals surface area contributed by atoms with Gasteiger partial charge in [0.2, 0.25) is 5.95 Å². The van der Waals surface area contributed by atoms with Gasteiger partial charge in [-0.2, -0.15) is 0 Å². The average molecular weight is 694 g/mol. The molecule has 8 aromatic carbocycles. The molecule has 0 radical (unpaired) electrons. The van der Waals surface area contributed by atoms with Crippen LogP contribution in [0.1, 0.15) is 0 Å². The smallest absolute Gasteiger partial charge is 0.236 e. The van der Waals surface area contributed by atoms with Crippen molar-refractivity contribution in [1.29, 1.82) is 0 Å². The molecule has 246 valence electrons. The Kier molecular flexibility index (Phi) is 5.90. The Morgan fingerprint density at radius 2 is 1.15 bits per heavy atom. The van der Waals surface area contributed by atoms with Crippen LogP contribution in [-0.2, 0) is 0 Å². The minimum absolute atomic E-state index is 0.618. The number of rotatable bonds is 3. The van der Waals surface area contributed by atoms with E-state index in [1.807, 2.05) is 29.5 Å². The van der Waals surface area contributed by atoms with Crippen LogP contribution < -0.4 is 0 Å². The molecule has 0 fully saturated rings. The van der Waals surface area contributed by atoms with E-state index in [1.54, 1.807) is 0 Å². The topological polar surface area (TPSA) is 43.9 Å². The molecule has 0 saturated carbocycles. The van der Waals surface area contributed by atoms with Gasteiger partial charge in [-0.05, 0) is 52.2 Å². The zero-order valence-corrected chi connectivity index (χ0v) is 29.1. The second-order valence-corrected chi connectivity index (χ2v) is 14.8. The third kappa shape index (κ3) is 4.11. The molecule has 0 aliphatic heterocycles. The molecule has 0 atom stereocenters. The van der Waals surface area contributed by atoms with Crippen molar-refractivity contribution in [2.45, 2.75) is 0 Å². The molecule has 0 N–H and O–H groups in total. The standard InChI is InChI=1S/C48H27N3OS/c1-2-12-31-27-32(26-23-28(31)11-1)29-21-24-30(25-22-29)43-46-44(36-16-6-9-19-39(36)52-46)50-48(49-43)51-38-18-8-5-15-35(38)41-42-37-17-7-10-20-40(37)53-47(42)34-14-4-3-13-33(34)45(41)51/h1-27H. The molecule has 0 saturated heterocycles. The third-order valence-corrected chi connectivity index (χ3v) is 12.0. The summed E-state index contributed by atoms with van der Waals surface area (Å²) in [6, 6.07) is 58.2. The van der Waals surface area contributed by atoms with Crippen LogP contribution in [-0.4, -0.2) is 14.5 Å². The summed E-state index contributed by atoms with van der Waals surface area (Å²) in [5.74, 6) is 0.618. The van der Waals surface area contributed by atoms with Crippen LogP contribution in [0.15, 0.2) is 168 Å². The van der Waals surface area contributed by atoms with Crippen LogP contribution in [0.4, 0.5) is 0 Å². The maximum absolute atomic E-state index is 6.58. The zero-order chi connectivity index (χ0) is 34.6. The van der Waals surface area contributed by atoms with E-state index in [0.717, 1.165) is 44.3 Å². The number of thiophene rings is 1. The van der Waals surface area contributed by atoms with Crippen molar-refractivity contribution in [3.8, 4) is 28.3 Å². The molecule has 4 aromatic heterocycles. The van der Waals surface area contributed by atoms with Crippen molar-refractivity contribution in [3.05, 3.63) is 164 Å². The van der Waals surface area contributed by atoms with E-state index in [0.29, 0.717) is 11.5 Å². The number of hydrogen-bond donors (Lipinski definition) is 0. The molecule has 0 unspecified atom stereocenters. The molecule has 4 heterocycles. The first-order valence-electron chi connectivity index (χ1n) is 17.8. The molecule has 0 amide bonds. The Balaban J connectivity index is 1.17. The van der Waals surface area contributed by atoms with Gasteiger partial charge in [-0.3, -0.25) is 4.57 Å². The summed E-state index contributed by atoms with van der Waals surface area (Å²) in [7, 11) is 0. The van der Waals surface area contributed by atoms with Crippen molar-refractivity contribution in [3.63, 3.8) is 0 Å². The first-order valence-corrected chi connectivity index (χ1v) is 18.6. The van der Waals surface area contributed by atoms with E-state index in [4.69, 9.17) is 14.4 Å².